The Morgan fingerprint density at radius 3 is 2.19 bits per heavy atom. The molecule has 0 aliphatic carbocycles. The first-order valence-corrected chi connectivity index (χ1v) is 6.85. The predicted octanol–water partition coefficient (Wildman–Crippen LogP) is 1.74. The summed E-state index contributed by atoms with van der Waals surface area (Å²) in [5.74, 6) is -1.02. The first-order valence-electron chi connectivity index (χ1n) is 6.85. The van der Waals surface area contributed by atoms with E-state index in [0.29, 0.717) is 0 Å². The molecule has 0 saturated carbocycles. The molecule has 1 atom stereocenters. The fourth-order valence-electron chi connectivity index (χ4n) is 1.51. The van der Waals surface area contributed by atoms with Crippen LogP contribution < -0.4 is 0 Å². The SMILES string of the molecule is CCOC(=O)CCN(C(=O)OC(C)(C)C)[C@@H](C)C(=O)OC. The zero-order valence-electron chi connectivity index (χ0n) is 13.6. The summed E-state index contributed by atoms with van der Waals surface area (Å²) in [5, 5.41) is 0. The van der Waals surface area contributed by atoms with Gasteiger partial charge in [-0.25, -0.2) is 9.59 Å². The van der Waals surface area contributed by atoms with Crippen molar-refractivity contribution in [3.8, 4) is 0 Å². The lowest BCUT2D eigenvalue weighted by Gasteiger charge is -2.30. The Kier molecular flexibility index (Phi) is 7.76. The second-order valence-electron chi connectivity index (χ2n) is 5.43. The highest BCUT2D eigenvalue weighted by molar-refractivity contribution is 5.81. The normalized spacial score (nSPS) is 12.3. The summed E-state index contributed by atoms with van der Waals surface area (Å²) < 4.78 is 14.7. The molecule has 21 heavy (non-hydrogen) atoms. The molecular weight excluding hydrogens is 278 g/mol. The van der Waals surface area contributed by atoms with Crippen molar-refractivity contribution in [1.82, 2.24) is 4.90 Å². The highest BCUT2D eigenvalue weighted by atomic mass is 16.6. The number of esters is 2. The van der Waals surface area contributed by atoms with Gasteiger partial charge in [-0.2, -0.15) is 0 Å². The number of hydrogen-bond donors (Lipinski definition) is 0. The molecule has 1 amide bonds. The van der Waals surface area contributed by atoms with Gasteiger partial charge in [0.25, 0.3) is 0 Å². The van der Waals surface area contributed by atoms with Crippen LogP contribution >= 0.6 is 0 Å². The largest absolute Gasteiger partial charge is 0.467 e. The molecule has 0 saturated heterocycles. The molecule has 0 rings (SSSR count). The molecule has 0 N–H and O–H groups in total. The molecule has 0 radical (unpaired) electrons. The van der Waals surface area contributed by atoms with Crippen molar-refractivity contribution in [2.75, 3.05) is 20.3 Å². The maximum atomic E-state index is 12.1. The Hall–Kier alpha value is -1.79. The molecule has 0 bridgehead atoms. The molecule has 0 aromatic rings. The molecule has 0 aromatic heterocycles. The summed E-state index contributed by atoms with van der Waals surface area (Å²) in [6.45, 7) is 8.65. The van der Waals surface area contributed by atoms with Gasteiger partial charge in [0.15, 0.2) is 0 Å². The number of methoxy groups -OCH3 is 1. The van der Waals surface area contributed by atoms with E-state index in [1.165, 1.54) is 14.0 Å². The second-order valence-corrected chi connectivity index (χ2v) is 5.43. The summed E-state index contributed by atoms with van der Waals surface area (Å²) >= 11 is 0. The Labute approximate surface area is 125 Å². The Morgan fingerprint density at radius 2 is 1.76 bits per heavy atom. The van der Waals surface area contributed by atoms with Crippen LogP contribution in [0.15, 0.2) is 0 Å². The fourth-order valence-corrected chi connectivity index (χ4v) is 1.51. The summed E-state index contributed by atoms with van der Waals surface area (Å²) in [5.41, 5.74) is -0.699. The molecular formula is C14H25NO6. The van der Waals surface area contributed by atoms with Crippen molar-refractivity contribution in [3.05, 3.63) is 0 Å². The molecule has 0 aliphatic heterocycles. The number of hydrogen-bond acceptors (Lipinski definition) is 6. The van der Waals surface area contributed by atoms with Crippen LogP contribution in [-0.4, -0.2) is 54.8 Å². The Morgan fingerprint density at radius 1 is 1.19 bits per heavy atom. The molecule has 7 heteroatoms. The minimum Gasteiger partial charge on any atom is -0.467 e. The fraction of sp³-hybridized carbons (Fsp3) is 0.786. The zero-order valence-corrected chi connectivity index (χ0v) is 13.6. The van der Waals surface area contributed by atoms with Crippen LogP contribution in [0.4, 0.5) is 4.79 Å². The van der Waals surface area contributed by atoms with Crippen molar-refractivity contribution in [2.45, 2.75) is 52.7 Å². The maximum Gasteiger partial charge on any atom is 0.411 e. The third kappa shape index (κ3) is 7.53. The van der Waals surface area contributed by atoms with Crippen molar-refractivity contribution < 1.29 is 28.6 Å². The average Bonchev–Trinajstić information content (AvgIpc) is 2.35. The predicted molar refractivity (Wildman–Crippen MR) is 75.7 cm³/mol. The minimum atomic E-state index is -0.848. The van der Waals surface area contributed by atoms with Gasteiger partial charge in [-0.15, -0.1) is 0 Å². The summed E-state index contributed by atoms with van der Waals surface area (Å²) in [6, 6.07) is -0.848. The van der Waals surface area contributed by atoms with Gasteiger partial charge in [-0.3, -0.25) is 9.69 Å². The van der Waals surface area contributed by atoms with Gasteiger partial charge in [-0.05, 0) is 34.6 Å². The Balaban J connectivity index is 4.88. The van der Waals surface area contributed by atoms with Gasteiger partial charge in [0.1, 0.15) is 11.6 Å². The number of ether oxygens (including phenoxy) is 3. The van der Waals surface area contributed by atoms with Crippen molar-refractivity contribution in [3.63, 3.8) is 0 Å². The highest BCUT2D eigenvalue weighted by Gasteiger charge is 2.30. The van der Waals surface area contributed by atoms with Crippen LogP contribution in [0.5, 0.6) is 0 Å². The third-order valence-electron chi connectivity index (χ3n) is 2.50. The van der Waals surface area contributed by atoms with Crippen LogP contribution in [0.25, 0.3) is 0 Å². The van der Waals surface area contributed by atoms with E-state index >= 15 is 0 Å². The zero-order chi connectivity index (χ0) is 16.6. The molecule has 0 heterocycles. The van der Waals surface area contributed by atoms with E-state index in [1.807, 2.05) is 0 Å². The van der Waals surface area contributed by atoms with E-state index in [2.05, 4.69) is 4.74 Å². The Bertz CT molecular complexity index is 374. The lowest BCUT2D eigenvalue weighted by molar-refractivity contribution is -0.148. The summed E-state index contributed by atoms with van der Waals surface area (Å²) in [4.78, 5) is 36.3. The van der Waals surface area contributed by atoms with Gasteiger partial charge in [-0.1, -0.05) is 0 Å². The molecule has 7 nitrogen and oxygen atoms in total. The first-order chi connectivity index (χ1) is 9.62. The monoisotopic (exact) mass is 303 g/mol. The first kappa shape index (κ1) is 19.2. The van der Waals surface area contributed by atoms with Crippen molar-refractivity contribution in [1.29, 1.82) is 0 Å². The van der Waals surface area contributed by atoms with Crippen molar-refractivity contribution >= 4 is 18.0 Å². The molecule has 0 aliphatic rings. The van der Waals surface area contributed by atoms with Gasteiger partial charge in [0.2, 0.25) is 0 Å². The van der Waals surface area contributed by atoms with Crippen LogP contribution in [-0.2, 0) is 23.8 Å². The van der Waals surface area contributed by atoms with Crippen LogP contribution in [0.1, 0.15) is 41.0 Å². The standard InChI is InChI=1S/C14H25NO6/c1-7-20-11(16)8-9-15(10(2)12(17)19-6)13(18)21-14(3,4)5/h10H,7-9H2,1-6H3/t10-/m0/s1. The molecule has 0 aromatic carbocycles. The van der Waals surface area contributed by atoms with E-state index in [9.17, 15) is 14.4 Å². The maximum absolute atomic E-state index is 12.1. The highest BCUT2D eigenvalue weighted by Crippen LogP contribution is 2.13. The van der Waals surface area contributed by atoms with E-state index in [1.54, 1.807) is 27.7 Å². The van der Waals surface area contributed by atoms with Crippen molar-refractivity contribution in [2.24, 2.45) is 0 Å². The van der Waals surface area contributed by atoms with Gasteiger partial charge in [0.05, 0.1) is 20.1 Å². The van der Waals surface area contributed by atoms with Gasteiger partial charge < -0.3 is 14.2 Å². The molecule has 0 spiro atoms. The van der Waals surface area contributed by atoms with Crippen LogP contribution in [0, 0.1) is 0 Å². The number of carbonyl (C=O) groups excluding carboxylic acids is 3. The number of nitrogens with zero attached hydrogens (tertiary/aromatic N) is 1. The van der Waals surface area contributed by atoms with Crippen LogP contribution in [0.2, 0.25) is 0 Å². The second kappa shape index (κ2) is 8.49. The minimum absolute atomic E-state index is 0.0179. The van der Waals surface area contributed by atoms with E-state index in [-0.39, 0.29) is 19.6 Å². The van der Waals surface area contributed by atoms with E-state index in [4.69, 9.17) is 9.47 Å². The lowest BCUT2D eigenvalue weighted by atomic mass is 10.2. The number of carbonyl (C=O) groups is 3. The van der Waals surface area contributed by atoms with E-state index < -0.39 is 29.7 Å². The number of rotatable bonds is 6. The van der Waals surface area contributed by atoms with Crippen LogP contribution in [0.3, 0.4) is 0 Å². The summed E-state index contributed by atoms with van der Waals surface area (Å²) in [6.07, 6.45) is -0.696. The molecule has 0 fully saturated rings. The van der Waals surface area contributed by atoms with Gasteiger partial charge >= 0.3 is 18.0 Å². The van der Waals surface area contributed by atoms with Gasteiger partial charge in [0, 0.05) is 6.54 Å². The smallest absolute Gasteiger partial charge is 0.411 e. The lowest BCUT2D eigenvalue weighted by Crippen LogP contribution is -2.47. The van der Waals surface area contributed by atoms with E-state index in [0.717, 1.165) is 4.90 Å². The number of amides is 1. The third-order valence-corrected chi connectivity index (χ3v) is 2.50. The summed E-state index contributed by atoms with van der Waals surface area (Å²) in [7, 11) is 1.23. The molecule has 0 unspecified atom stereocenters. The average molecular weight is 303 g/mol. The quantitative estimate of drug-likeness (QED) is 0.549. The molecule has 122 valence electrons. The topological polar surface area (TPSA) is 82.1 Å².